The number of piperazine rings is 1. The van der Waals surface area contributed by atoms with Crippen molar-refractivity contribution in [3.63, 3.8) is 0 Å². The van der Waals surface area contributed by atoms with Gasteiger partial charge in [-0.15, -0.1) is 11.3 Å². The highest BCUT2D eigenvalue weighted by Crippen LogP contribution is 2.26. The van der Waals surface area contributed by atoms with Gasteiger partial charge in [-0.1, -0.05) is 18.2 Å². The number of thiazole rings is 1. The first-order valence-electron chi connectivity index (χ1n) is 10.3. The molecule has 0 unspecified atom stereocenters. The quantitative estimate of drug-likeness (QED) is 0.463. The van der Waals surface area contributed by atoms with Gasteiger partial charge in [0.05, 0.1) is 12.8 Å². The minimum absolute atomic E-state index is 0.0358. The van der Waals surface area contributed by atoms with E-state index in [9.17, 15) is 4.79 Å². The number of furan rings is 1. The maximum Gasteiger partial charge on any atom is 0.289 e. The standard InChI is InChI=1S/C24H23N3O3S/c1-29-20-8-6-17(7-9-20)23-25-19(16-31-23)15-26-10-12-27(13-11-26)24(28)22-14-18-4-2-3-5-21(18)30-22/h2-9,14,16H,10-13,15H2,1H3. The lowest BCUT2D eigenvalue weighted by molar-refractivity contribution is 0.0599. The number of carbonyl (C=O) groups excluding carboxylic acids is 1. The second-order valence-corrected chi connectivity index (χ2v) is 8.45. The molecule has 0 atom stereocenters. The summed E-state index contributed by atoms with van der Waals surface area (Å²) in [5, 5.41) is 4.09. The molecule has 0 aliphatic carbocycles. The smallest absolute Gasteiger partial charge is 0.289 e. The van der Waals surface area contributed by atoms with Crippen LogP contribution in [0.15, 0.2) is 64.4 Å². The molecule has 3 heterocycles. The molecule has 4 aromatic rings. The van der Waals surface area contributed by atoms with Crippen molar-refractivity contribution in [3.8, 4) is 16.3 Å². The summed E-state index contributed by atoms with van der Waals surface area (Å²) in [5.74, 6) is 1.22. The van der Waals surface area contributed by atoms with Crippen molar-refractivity contribution in [1.29, 1.82) is 0 Å². The fourth-order valence-electron chi connectivity index (χ4n) is 3.83. The van der Waals surface area contributed by atoms with Gasteiger partial charge in [0.25, 0.3) is 5.91 Å². The number of hydrogen-bond acceptors (Lipinski definition) is 6. The van der Waals surface area contributed by atoms with E-state index in [1.54, 1.807) is 18.4 Å². The number of benzene rings is 2. The van der Waals surface area contributed by atoms with Crippen LogP contribution in [0.3, 0.4) is 0 Å². The molecule has 2 aromatic heterocycles. The topological polar surface area (TPSA) is 58.8 Å². The van der Waals surface area contributed by atoms with Crippen LogP contribution in [0, 0.1) is 0 Å². The summed E-state index contributed by atoms with van der Waals surface area (Å²) in [6, 6.07) is 17.5. The van der Waals surface area contributed by atoms with E-state index in [1.807, 2.05) is 59.5 Å². The Hall–Kier alpha value is -3.16. The summed E-state index contributed by atoms with van der Waals surface area (Å²) >= 11 is 1.65. The minimum atomic E-state index is -0.0358. The van der Waals surface area contributed by atoms with Gasteiger partial charge in [0.15, 0.2) is 5.76 Å². The highest BCUT2D eigenvalue weighted by Gasteiger charge is 2.25. The average molecular weight is 434 g/mol. The van der Waals surface area contributed by atoms with Crippen molar-refractivity contribution in [1.82, 2.24) is 14.8 Å². The van der Waals surface area contributed by atoms with E-state index in [4.69, 9.17) is 14.1 Å². The Bertz CT molecular complexity index is 1160. The first-order valence-corrected chi connectivity index (χ1v) is 11.2. The van der Waals surface area contributed by atoms with Crippen molar-refractivity contribution < 1.29 is 13.9 Å². The number of carbonyl (C=O) groups is 1. The maximum atomic E-state index is 12.8. The van der Waals surface area contributed by atoms with Gasteiger partial charge >= 0.3 is 0 Å². The number of para-hydroxylation sites is 1. The molecule has 31 heavy (non-hydrogen) atoms. The lowest BCUT2D eigenvalue weighted by Gasteiger charge is -2.33. The normalized spacial score (nSPS) is 14.8. The van der Waals surface area contributed by atoms with Crippen LogP contribution in [0.2, 0.25) is 0 Å². The van der Waals surface area contributed by atoms with E-state index in [0.29, 0.717) is 18.8 Å². The summed E-state index contributed by atoms with van der Waals surface area (Å²) in [7, 11) is 1.67. The first-order chi connectivity index (χ1) is 15.2. The maximum absolute atomic E-state index is 12.8. The average Bonchev–Trinajstić information content (AvgIpc) is 3.46. The molecule has 158 valence electrons. The van der Waals surface area contributed by atoms with Gasteiger partial charge in [-0.05, 0) is 36.4 Å². The Morgan fingerprint density at radius 2 is 1.87 bits per heavy atom. The predicted molar refractivity (Wildman–Crippen MR) is 121 cm³/mol. The van der Waals surface area contributed by atoms with Crippen LogP contribution >= 0.6 is 11.3 Å². The molecule has 0 N–H and O–H groups in total. The molecule has 0 saturated carbocycles. The zero-order valence-corrected chi connectivity index (χ0v) is 18.1. The highest BCUT2D eigenvalue weighted by molar-refractivity contribution is 7.13. The van der Waals surface area contributed by atoms with Crippen molar-refractivity contribution in [3.05, 3.63) is 71.4 Å². The predicted octanol–water partition coefficient (Wildman–Crippen LogP) is 4.52. The number of amides is 1. The molecule has 1 fully saturated rings. The summed E-state index contributed by atoms with van der Waals surface area (Å²) in [6.07, 6.45) is 0. The molecule has 6 nitrogen and oxygen atoms in total. The van der Waals surface area contributed by atoms with E-state index < -0.39 is 0 Å². The molecule has 1 saturated heterocycles. The van der Waals surface area contributed by atoms with Gasteiger partial charge in [0.1, 0.15) is 16.3 Å². The van der Waals surface area contributed by atoms with Crippen molar-refractivity contribution in [2.75, 3.05) is 33.3 Å². The molecule has 2 aromatic carbocycles. The Labute approximate surface area is 184 Å². The lowest BCUT2D eigenvalue weighted by atomic mass is 10.2. The van der Waals surface area contributed by atoms with Crippen LogP contribution in [0.1, 0.15) is 16.2 Å². The SMILES string of the molecule is COc1ccc(-c2nc(CN3CCN(C(=O)c4cc5ccccc5o4)CC3)cs2)cc1. The van der Waals surface area contributed by atoms with Gasteiger partial charge < -0.3 is 14.1 Å². The van der Waals surface area contributed by atoms with Gasteiger partial charge in [-0.2, -0.15) is 0 Å². The summed E-state index contributed by atoms with van der Waals surface area (Å²) in [5.41, 5.74) is 2.91. The Morgan fingerprint density at radius 1 is 1.10 bits per heavy atom. The van der Waals surface area contributed by atoms with Crippen LogP contribution in [0.4, 0.5) is 0 Å². The van der Waals surface area contributed by atoms with Gasteiger partial charge in [0.2, 0.25) is 0 Å². The zero-order chi connectivity index (χ0) is 21.2. The van der Waals surface area contributed by atoms with E-state index in [2.05, 4.69) is 10.3 Å². The summed E-state index contributed by atoms with van der Waals surface area (Å²) in [4.78, 5) is 21.8. The second-order valence-electron chi connectivity index (χ2n) is 7.59. The lowest BCUT2D eigenvalue weighted by Crippen LogP contribution is -2.48. The third kappa shape index (κ3) is 4.19. The molecule has 1 aliphatic rings. The molecule has 0 radical (unpaired) electrons. The number of nitrogens with zero attached hydrogens (tertiary/aromatic N) is 3. The third-order valence-electron chi connectivity index (χ3n) is 5.57. The fourth-order valence-corrected chi connectivity index (χ4v) is 4.64. The molecule has 1 aliphatic heterocycles. The Kier molecular flexibility index (Phi) is 5.44. The van der Waals surface area contributed by atoms with E-state index in [-0.39, 0.29) is 5.91 Å². The Morgan fingerprint density at radius 3 is 2.61 bits per heavy atom. The van der Waals surface area contributed by atoms with Crippen LogP contribution in [-0.4, -0.2) is 54.0 Å². The molecule has 0 bridgehead atoms. The monoisotopic (exact) mass is 433 g/mol. The van der Waals surface area contributed by atoms with Crippen LogP contribution in [0.5, 0.6) is 5.75 Å². The molecular formula is C24H23N3O3S. The molecule has 5 rings (SSSR count). The highest BCUT2D eigenvalue weighted by atomic mass is 32.1. The van der Waals surface area contributed by atoms with Crippen LogP contribution in [-0.2, 0) is 6.54 Å². The molecule has 0 spiro atoms. The van der Waals surface area contributed by atoms with Gasteiger partial charge in [-0.3, -0.25) is 9.69 Å². The number of methoxy groups -OCH3 is 1. The van der Waals surface area contributed by atoms with Crippen LogP contribution < -0.4 is 4.74 Å². The summed E-state index contributed by atoms with van der Waals surface area (Å²) < 4.78 is 11.0. The number of rotatable bonds is 5. The number of hydrogen-bond donors (Lipinski definition) is 0. The van der Waals surface area contributed by atoms with Crippen LogP contribution in [0.25, 0.3) is 21.5 Å². The molecular weight excluding hydrogens is 410 g/mol. The van der Waals surface area contributed by atoms with Crippen molar-refractivity contribution >= 4 is 28.2 Å². The number of ether oxygens (including phenoxy) is 1. The van der Waals surface area contributed by atoms with E-state index >= 15 is 0 Å². The largest absolute Gasteiger partial charge is 0.497 e. The van der Waals surface area contributed by atoms with E-state index in [1.165, 1.54) is 0 Å². The van der Waals surface area contributed by atoms with Gasteiger partial charge in [0, 0.05) is 49.1 Å². The minimum Gasteiger partial charge on any atom is -0.497 e. The summed E-state index contributed by atoms with van der Waals surface area (Å²) in [6.45, 7) is 3.80. The Balaban J connectivity index is 1.18. The second kappa shape index (κ2) is 8.53. The first kappa shape index (κ1) is 19.8. The fraction of sp³-hybridized carbons (Fsp3) is 0.250. The molecule has 7 heteroatoms. The number of aromatic nitrogens is 1. The van der Waals surface area contributed by atoms with Crippen molar-refractivity contribution in [2.24, 2.45) is 0 Å². The zero-order valence-electron chi connectivity index (χ0n) is 17.3. The number of fused-ring (bicyclic) bond motifs is 1. The molecule has 1 amide bonds. The third-order valence-corrected chi connectivity index (χ3v) is 6.51. The van der Waals surface area contributed by atoms with Gasteiger partial charge in [-0.25, -0.2) is 4.98 Å². The van der Waals surface area contributed by atoms with Crippen molar-refractivity contribution in [2.45, 2.75) is 6.54 Å². The van der Waals surface area contributed by atoms with E-state index in [0.717, 1.165) is 52.6 Å².